The van der Waals surface area contributed by atoms with Crippen molar-refractivity contribution in [2.24, 2.45) is 34.5 Å². The molecule has 0 aromatic carbocycles. The van der Waals surface area contributed by atoms with Gasteiger partial charge in [-0.2, -0.15) is 0 Å². The lowest BCUT2D eigenvalue weighted by atomic mass is 9.47. The van der Waals surface area contributed by atoms with Gasteiger partial charge in [-0.25, -0.2) is 0 Å². The second-order valence-corrected chi connectivity index (χ2v) is 9.14. The van der Waals surface area contributed by atoms with Crippen LogP contribution in [0.3, 0.4) is 0 Å². The van der Waals surface area contributed by atoms with Gasteiger partial charge in [0.15, 0.2) is 0 Å². The van der Waals surface area contributed by atoms with E-state index in [-0.39, 0.29) is 16.9 Å². The van der Waals surface area contributed by atoms with Gasteiger partial charge < -0.3 is 5.11 Å². The lowest BCUT2D eigenvalue weighted by molar-refractivity contribution is -0.132. The van der Waals surface area contributed by atoms with Gasteiger partial charge in [-0.15, -0.1) is 0 Å². The summed E-state index contributed by atoms with van der Waals surface area (Å²) in [5.41, 5.74) is 1.76. The summed E-state index contributed by atoms with van der Waals surface area (Å²) in [6.07, 6.45) is 9.53. The Morgan fingerprint density at radius 3 is 2.64 bits per heavy atom. The zero-order chi connectivity index (χ0) is 15.7. The van der Waals surface area contributed by atoms with Crippen LogP contribution in [-0.2, 0) is 4.79 Å². The summed E-state index contributed by atoms with van der Waals surface area (Å²) in [4.78, 5) is 12.6. The first kappa shape index (κ1) is 14.9. The van der Waals surface area contributed by atoms with Gasteiger partial charge in [0, 0.05) is 11.8 Å². The van der Waals surface area contributed by atoms with E-state index < -0.39 is 0 Å². The Balaban J connectivity index is 1.72. The van der Waals surface area contributed by atoms with Crippen molar-refractivity contribution in [3.05, 3.63) is 11.6 Å². The van der Waals surface area contributed by atoms with Crippen molar-refractivity contribution in [2.45, 2.75) is 71.8 Å². The topological polar surface area (TPSA) is 37.3 Å². The van der Waals surface area contributed by atoms with E-state index in [0.29, 0.717) is 23.5 Å². The Morgan fingerprint density at radius 1 is 1.14 bits per heavy atom. The number of Topliss-reactive ketones (excluding diaryl/α,β-unsaturated/α-hetero) is 1. The summed E-state index contributed by atoms with van der Waals surface area (Å²) in [5, 5.41) is 10.0. The molecular formula is C20H30O2. The molecule has 4 aliphatic carbocycles. The average molecular weight is 302 g/mol. The molecule has 0 aromatic rings. The predicted molar refractivity (Wildman–Crippen MR) is 87.3 cm³/mol. The van der Waals surface area contributed by atoms with Crippen LogP contribution in [0.4, 0.5) is 0 Å². The van der Waals surface area contributed by atoms with Crippen LogP contribution >= 0.6 is 0 Å². The first-order valence-electron chi connectivity index (χ1n) is 9.27. The van der Waals surface area contributed by atoms with Gasteiger partial charge in [0.05, 0.1) is 6.10 Å². The van der Waals surface area contributed by atoms with Crippen LogP contribution in [0.15, 0.2) is 11.6 Å². The van der Waals surface area contributed by atoms with Crippen molar-refractivity contribution in [1.82, 2.24) is 0 Å². The molecule has 0 amide bonds. The Bertz CT molecular complexity index is 536. The third kappa shape index (κ3) is 1.79. The number of aliphatic hydroxyl groups is 1. The normalized spacial score (nSPS) is 54.3. The monoisotopic (exact) mass is 302 g/mol. The second-order valence-electron chi connectivity index (χ2n) is 9.14. The molecule has 3 fully saturated rings. The number of carbonyl (C=O) groups excluding carboxylic acids is 1. The number of hydrogen-bond donors (Lipinski definition) is 1. The molecule has 0 aliphatic heterocycles. The molecule has 3 saturated carbocycles. The Labute approximate surface area is 134 Å². The summed E-state index contributed by atoms with van der Waals surface area (Å²) in [7, 11) is 0. The molecule has 4 rings (SSSR count). The number of carbonyl (C=O) groups is 1. The number of hydrogen-bond acceptors (Lipinski definition) is 2. The highest BCUT2D eigenvalue weighted by atomic mass is 16.3. The fraction of sp³-hybridized carbons (Fsp3) is 0.850. The molecule has 22 heavy (non-hydrogen) atoms. The van der Waals surface area contributed by atoms with Crippen molar-refractivity contribution < 1.29 is 9.90 Å². The quantitative estimate of drug-likeness (QED) is 0.683. The SMILES string of the molecule is C[C@@H]1CC(=O)[C@@]2(C)CCC3C(CC=C4C[C@@H](O)CC[C@@]43C)C12. The fourth-order valence-corrected chi connectivity index (χ4v) is 6.92. The molecule has 0 radical (unpaired) electrons. The van der Waals surface area contributed by atoms with Crippen molar-refractivity contribution in [2.75, 3.05) is 0 Å². The molecule has 0 saturated heterocycles. The minimum atomic E-state index is -0.128. The van der Waals surface area contributed by atoms with E-state index in [4.69, 9.17) is 0 Å². The molecule has 3 unspecified atom stereocenters. The zero-order valence-electron chi connectivity index (χ0n) is 14.3. The van der Waals surface area contributed by atoms with Crippen LogP contribution in [-0.4, -0.2) is 17.0 Å². The third-order valence-corrected chi connectivity index (χ3v) is 8.09. The maximum Gasteiger partial charge on any atom is 0.139 e. The van der Waals surface area contributed by atoms with Crippen LogP contribution in [0, 0.1) is 34.5 Å². The van der Waals surface area contributed by atoms with Gasteiger partial charge in [0.2, 0.25) is 0 Å². The van der Waals surface area contributed by atoms with E-state index >= 15 is 0 Å². The van der Waals surface area contributed by atoms with Gasteiger partial charge in [-0.3, -0.25) is 4.79 Å². The van der Waals surface area contributed by atoms with E-state index in [1.54, 1.807) is 0 Å². The molecule has 0 spiro atoms. The molecule has 2 nitrogen and oxygen atoms in total. The van der Waals surface area contributed by atoms with Crippen molar-refractivity contribution in [1.29, 1.82) is 0 Å². The van der Waals surface area contributed by atoms with Crippen LogP contribution in [0.25, 0.3) is 0 Å². The molecule has 0 heterocycles. The van der Waals surface area contributed by atoms with Crippen LogP contribution < -0.4 is 0 Å². The van der Waals surface area contributed by atoms with E-state index in [1.807, 2.05) is 0 Å². The summed E-state index contributed by atoms with van der Waals surface area (Å²) in [6, 6.07) is 0. The highest BCUT2D eigenvalue weighted by Crippen LogP contribution is 2.65. The smallest absolute Gasteiger partial charge is 0.139 e. The van der Waals surface area contributed by atoms with Crippen molar-refractivity contribution >= 4 is 5.78 Å². The summed E-state index contributed by atoms with van der Waals surface area (Å²) >= 11 is 0. The van der Waals surface area contributed by atoms with Crippen molar-refractivity contribution in [3.8, 4) is 0 Å². The lowest BCUT2D eigenvalue weighted by Gasteiger charge is -2.57. The molecule has 4 aliphatic rings. The summed E-state index contributed by atoms with van der Waals surface area (Å²) in [6.45, 7) is 7.01. The van der Waals surface area contributed by atoms with Crippen molar-refractivity contribution in [3.63, 3.8) is 0 Å². The van der Waals surface area contributed by atoms with Crippen LogP contribution in [0.5, 0.6) is 0 Å². The molecule has 1 N–H and O–H groups in total. The van der Waals surface area contributed by atoms with E-state index in [2.05, 4.69) is 26.8 Å². The lowest BCUT2D eigenvalue weighted by Crippen LogP contribution is -2.51. The predicted octanol–water partition coefficient (Wildman–Crippen LogP) is 4.13. The standard InChI is InChI=1S/C20H30O2/c1-12-10-17(22)20(3)9-7-16-15(18(12)20)5-4-13-11-14(21)6-8-19(13,16)2/h4,12,14-16,18,21H,5-11H2,1-3H3/t12-,14+,15?,16?,18?,19+,20-/m1/s1. The van der Waals surface area contributed by atoms with Gasteiger partial charge in [-0.05, 0) is 67.6 Å². The van der Waals surface area contributed by atoms with Gasteiger partial charge in [-0.1, -0.05) is 32.4 Å². The highest BCUT2D eigenvalue weighted by molar-refractivity contribution is 5.87. The van der Waals surface area contributed by atoms with Gasteiger partial charge in [0.25, 0.3) is 0 Å². The maximum absolute atomic E-state index is 12.6. The molecule has 7 atom stereocenters. The molecule has 122 valence electrons. The zero-order valence-corrected chi connectivity index (χ0v) is 14.3. The Hall–Kier alpha value is -0.630. The minimum Gasteiger partial charge on any atom is -0.393 e. The number of fused-ring (bicyclic) bond motifs is 5. The number of aliphatic hydroxyl groups excluding tert-OH is 1. The van der Waals surface area contributed by atoms with Crippen LogP contribution in [0.1, 0.15) is 65.7 Å². The van der Waals surface area contributed by atoms with Crippen LogP contribution in [0.2, 0.25) is 0 Å². The Kier molecular flexibility index (Phi) is 3.18. The molecule has 2 heteroatoms. The van der Waals surface area contributed by atoms with Gasteiger partial charge >= 0.3 is 0 Å². The number of allylic oxidation sites excluding steroid dienone is 1. The summed E-state index contributed by atoms with van der Waals surface area (Å²) in [5.74, 6) is 3.08. The highest BCUT2D eigenvalue weighted by Gasteiger charge is 2.60. The molecule has 0 aromatic heterocycles. The molecular weight excluding hydrogens is 272 g/mol. The first-order chi connectivity index (χ1) is 10.4. The molecule has 0 bridgehead atoms. The average Bonchev–Trinajstić information content (AvgIpc) is 2.70. The number of rotatable bonds is 0. The first-order valence-corrected chi connectivity index (χ1v) is 9.27. The van der Waals surface area contributed by atoms with E-state index in [9.17, 15) is 9.90 Å². The second kappa shape index (κ2) is 4.69. The number of ketones is 1. The summed E-state index contributed by atoms with van der Waals surface area (Å²) < 4.78 is 0. The maximum atomic E-state index is 12.6. The third-order valence-electron chi connectivity index (χ3n) is 8.09. The Morgan fingerprint density at radius 2 is 1.86 bits per heavy atom. The van der Waals surface area contributed by atoms with E-state index in [0.717, 1.165) is 44.4 Å². The minimum absolute atomic E-state index is 0.0452. The fourth-order valence-electron chi connectivity index (χ4n) is 6.92. The largest absolute Gasteiger partial charge is 0.393 e. The van der Waals surface area contributed by atoms with Gasteiger partial charge in [0.1, 0.15) is 5.78 Å². The van der Waals surface area contributed by atoms with E-state index in [1.165, 1.54) is 12.0 Å².